The van der Waals surface area contributed by atoms with Gasteiger partial charge in [-0.15, -0.1) is 0 Å². The quantitative estimate of drug-likeness (QED) is 0.522. The van der Waals surface area contributed by atoms with Gasteiger partial charge in [0.05, 0.1) is 0 Å². The van der Waals surface area contributed by atoms with E-state index in [0.29, 0.717) is 6.42 Å². The van der Waals surface area contributed by atoms with Crippen LogP contribution in [-0.2, 0) is 9.53 Å². The molecular weight excluding hydrogens is 152 g/mol. The number of carbonyl (C=O) groups is 1. The first-order chi connectivity index (χ1) is 5.31. The Balaban J connectivity index is 2.76. The predicted octanol–water partition coefficient (Wildman–Crippen LogP) is 2.52. The third-order valence-corrected chi connectivity index (χ3v) is 2.30. The van der Waals surface area contributed by atoms with Crippen molar-refractivity contribution in [2.24, 2.45) is 5.41 Å². The van der Waals surface area contributed by atoms with Crippen LogP contribution in [0.2, 0.25) is 0 Å². The predicted molar refractivity (Wildman–Crippen MR) is 47.8 cm³/mol. The molecule has 1 fully saturated rings. The topological polar surface area (TPSA) is 26.3 Å². The van der Waals surface area contributed by atoms with Crippen LogP contribution >= 0.6 is 0 Å². The van der Waals surface area contributed by atoms with Gasteiger partial charge < -0.3 is 4.74 Å². The minimum Gasteiger partial charge on any atom is -0.460 e. The number of esters is 1. The zero-order valence-electron chi connectivity index (χ0n) is 8.44. The first-order valence-electron chi connectivity index (χ1n) is 4.53. The Hall–Kier alpha value is -0.530. The van der Waals surface area contributed by atoms with Crippen molar-refractivity contribution >= 4 is 5.97 Å². The van der Waals surface area contributed by atoms with Crippen LogP contribution in [0, 0.1) is 5.41 Å². The van der Waals surface area contributed by atoms with Gasteiger partial charge in [-0.3, -0.25) is 4.79 Å². The summed E-state index contributed by atoms with van der Waals surface area (Å²) in [4.78, 5) is 11.2. The summed E-state index contributed by atoms with van der Waals surface area (Å²) >= 11 is 0. The molecule has 0 amide bonds. The van der Waals surface area contributed by atoms with Crippen molar-refractivity contribution in [3.8, 4) is 0 Å². The number of ether oxygens (including phenoxy) is 1. The van der Waals surface area contributed by atoms with Gasteiger partial charge >= 0.3 is 5.97 Å². The summed E-state index contributed by atoms with van der Waals surface area (Å²) in [6.07, 6.45) is 2.46. The van der Waals surface area contributed by atoms with Crippen LogP contribution in [0.4, 0.5) is 0 Å². The summed E-state index contributed by atoms with van der Waals surface area (Å²) in [5, 5.41) is 0. The van der Waals surface area contributed by atoms with Crippen molar-refractivity contribution in [3.63, 3.8) is 0 Å². The Morgan fingerprint density at radius 2 is 1.83 bits per heavy atom. The molecule has 1 heterocycles. The standard InChI is InChI=1S/C10H18O2/c1-9(2)6-5-8(11)12-10(3,4)7-9/h5-7H2,1-4H3. The molecule has 1 aliphatic heterocycles. The van der Waals surface area contributed by atoms with E-state index < -0.39 is 0 Å². The number of rotatable bonds is 0. The molecule has 0 spiro atoms. The van der Waals surface area contributed by atoms with E-state index in [1.54, 1.807) is 0 Å². The van der Waals surface area contributed by atoms with Gasteiger partial charge in [0, 0.05) is 6.42 Å². The Morgan fingerprint density at radius 3 is 2.42 bits per heavy atom. The first kappa shape index (κ1) is 9.56. The van der Waals surface area contributed by atoms with E-state index in [1.807, 2.05) is 13.8 Å². The molecule has 0 atom stereocenters. The number of hydrogen-bond acceptors (Lipinski definition) is 2. The highest BCUT2D eigenvalue weighted by Gasteiger charge is 2.35. The lowest BCUT2D eigenvalue weighted by Crippen LogP contribution is -2.29. The Bertz CT molecular complexity index is 192. The van der Waals surface area contributed by atoms with E-state index in [2.05, 4.69) is 13.8 Å². The summed E-state index contributed by atoms with van der Waals surface area (Å²) < 4.78 is 5.30. The lowest BCUT2D eigenvalue weighted by molar-refractivity contribution is -0.155. The van der Waals surface area contributed by atoms with Crippen molar-refractivity contribution in [3.05, 3.63) is 0 Å². The van der Waals surface area contributed by atoms with Gasteiger partial charge in [-0.2, -0.15) is 0 Å². The fourth-order valence-electron chi connectivity index (χ4n) is 2.08. The molecule has 0 aromatic carbocycles. The fraction of sp³-hybridized carbons (Fsp3) is 0.900. The van der Waals surface area contributed by atoms with Crippen LogP contribution in [0.1, 0.15) is 47.0 Å². The van der Waals surface area contributed by atoms with Gasteiger partial charge in [0.1, 0.15) is 5.60 Å². The summed E-state index contributed by atoms with van der Waals surface area (Å²) in [5.74, 6) is -0.0504. The summed E-state index contributed by atoms with van der Waals surface area (Å²) in [5.41, 5.74) is -0.0489. The second-order valence-electron chi connectivity index (χ2n) is 5.07. The first-order valence-corrected chi connectivity index (χ1v) is 4.53. The van der Waals surface area contributed by atoms with Crippen molar-refractivity contribution in [2.45, 2.75) is 52.6 Å². The zero-order chi connectivity index (χ0) is 9.41. The van der Waals surface area contributed by atoms with E-state index in [9.17, 15) is 4.79 Å². The Labute approximate surface area is 74.3 Å². The summed E-state index contributed by atoms with van der Waals surface area (Å²) in [6.45, 7) is 8.35. The van der Waals surface area contributed by atoms with Crippen molar-refractivity contribution in [2.75, 3.05) is 0 Å². The normalized spacial score (nSPS) is 27.5. The average Bonchev–Trinajstić information content (AvgIpc) is 1.86. The van der Waals surface area contributed by atoms with Crippen LogP contribution < -0.4 is 0 Å². The molecule has 0 aromatic rings. The molecule has 0 N–H and O–H groups in total. The molecule has 0 aromatic heterocycles. The van der Waals surface area contributed by atoms with E-state index in [1.165, 1.54) is 0 Å². The maximum atomic E-state index is 11.2. The molecule has 2 heteroatoms. The molecule has 1 saturated heterocycles. The van der Waals surface area contributed by atoms with Crippen molar-refractivity contribution in [1.29, 1.82) is 0 Å². The SMILES string of the molecule is CC1(C)CCC(=O)OC(C)(C)C1. The molecule has 12 heavy (non-hydrogen) atoms. The van der Waals surface area contributed by atoms with Crippen LogP contribution in [0.15, 0.2) is 0 Å². The maximum Gasteiger partial charge on any atom is 0.306 e. The van der Waals surface area contributed by atoms with Gasteiger partial charge in [-0.25, -0.2) is 0 Å². The molecule has 1 aliphatic rings. The summed E-state index contributed by atoms with van der Waals surface area (Å²) in [7, 11) is 0. The molecule has 0 aliphatic carbocycles. The largest absolute Gasteiger partial charge is 0.460 e. The minimum absolute atomic E-state index is 0.0504. The van der Waals surface area contributed by atoms with E-state index in [-0.39, 0.29) is 17.0 Å². The lowest BCUT2D eigenvalue weighted by atomic mass is 9.79. The van der Waals surface area contributed by atoms with Gasteiger partial charge in [0.2, 0.25) is 0 Å². The molecule has 0 radical (unpaired) electrons. The highest BCUT2D eigenvalue weighted by atomic mass is 16.6. The smallest absolute Gasteiger partial charge is 0.306 e. The number of cyclic esters (lactones) is 1. The van der Waals surface area contributed by atoms with Crippen molar-refractivity contribution < 1.29 is 9.53 Å². The maximum absolute atomic E-state index is 11.2. The van der Waals surface area contributed by atoms with Crippen LogP contribution in [0.25, 0.3) is 0 Å². The molecular formula is C10H18O2. The Kier molecular flexibility index (Phi) is 2.19. The molecule has 70 valence electrons. The van der Waals surface area contributed by atoms with Gasteiger partial charge in [-0.05, 0) is 32.1 Å². The molecule has 2 nitrogen and oxygen atoms in total. The van der Waals surface area contributed by atoms with Crippen LogP contribution in [0.5, 0.6) is 0 Å². The molecule has 1 rings (SSSR count). The van der Waals surface area contributed by atoms with Gasteiger partial charge in [0.25, 0.3) is 0 Å². The number of carbonyl (C=O) groups excluding carboxylic acids is 1. The highest BCUT2D eigenvalue weighted by Crippen LogP contribution is 2.37. The molecule has 0 saturated carbocycles. The van der Waals surface area contributed by atoms with E-state index in [4.69, 9.17) is 4.74 Å². The van der Waals surface area contributed by atoms with Crippen LogP contribution in [0.3, 0.4) is 0 Å². The highest BCUT2D eigenvalue weighted by molar-refractivity contribution is 5.70. The average molecular weight is 170 g/mol. The lowest BCUT2D eigenvalue weighted by Gasteiger charge is -2.30. The molecule has 0 unspecified atom stereocenters. The second kappa shape index (κ2) is 2.75. The monoisotopic (exact) mass is 170 g/mol. The van der Waals surface area contributed by atoms with Gasteiger partial charge in [0.15, 0.2) is 0 Å². The zero-order valence-corrected chi connectivity index (χ0v) is 8.44. The van der Waals surface area contributed by atoms with Crippen LogP contribution in [-0.4, -0.2) is 11.6 Å². The van der Waals surface area contributed by atoms with Gasteiger partial charge in [-0.1, -0.05) is 13.8 Å². The third kappa shape index (κ3) is 2.50. The van der Waals surface area contributed by atoms with E-state index in [0.717, 1.165) is 12.8 Å². The Morgan fingerprint density at radius 1 is 1.25 bits per heavy atom. The third-order valence-electron chi connectivity index (χ3n) is 2.30. The van der Waals surface area contributed by atoms with Crippen molar-refractivity contribution in [1.82, 2.24) is 0 Å². The molecule has 0 bridgehead atoms. The fourth-order valence-corrected chi connectivity index (χ4v) is 2.08. The van der Waals surface area contributed by atoms with E-state index >= 15 is 0 Å². The minimum atomic E-state index is -0.281. The second-order valence-corrected chi connectivity index (χ2v) is 5.07. The number of hydrogen-bond donors (Lipinski definition) is 0. The summed E-state index contributed by atoms with van der Waals surface area (Å²) in [6, 6.07) is 0.